The number of benzene rings is 2. The molecule has 1 aliphatic rings. The van der Waals surface area contributed by atoms with Crippen LogP contribution in [0.1, 0.15) is 5.56 Å². The molecule has 0 unspecified atom stereocenters. The maximum atomic E-state index is 12.5. The molecule has 3 aromatic rings. The number of morpholine rings is 1. The minimum atomic E-state index is -0.494. The highest BCUT2D eigenvalue weighted by molar-refractivity contribution is 5.92. The monoisotopic (exact) mass is 423 g/mol. The second-order valence-electron chi connectivity index (χ2n) is 7.64. The van der Waals surface area contributed by atoms with Gasteiger partial charge in [0.05, 0.1) is 19.8 Å². The molecule has 4 rings (SSSR count). The van der Waals surface area contributed by atoms with Crippen LogP contribution in [0.15, 0.2) is 57.7 Å². The molecule has 1 aromatic heterocycles. The predicted octanol–water partition coefficient (Wildman–Crippen LogP) is 2.41. The van der Waals surface area contributed by atoms with Crippen LogP contribution in [0.25, 0.3) is 11.0 Å². The van der Waals surface area contributed by atoms with Crippen molar-refractivity contribution in [2.24, 2.45) is 0 Å². The standard InChI is InChI=1S/C23H25N3O5/c1-25(14-16-12-23(29)31-21-13-19(27)6-7-20(16)21)15-22(28)24-17-2-4-18(5-3-17)26-8-10-30-11-9-26/h2-7,12-13,27H,8-11,14-15H2,1H3,(H,24,28). The summed E-state index contributed by atoms with van der Waals surface area (Å²) in [6.07, 6.45) is 0. The van der Waals surface area contributed by atoms with E-state index in [0.29, 0.717) is 12.1 Å². The minimum absolute atomic E-state index is 0.0279. The number of phenols is 1. The Morgan fingerprint density at radius 1 is 1.13 bits per heavy atom. The quantitative estimate of drug-likeness (QED) is 0.588. The molecule has 2 aromatic carbocycles. The zero-order valence-electron chi connectivity index (χ0n) is 17.3. The Kier molecular flexibility index (Phi) is 6.20. The normalized spacial score (nSPS) is 14.2. The minimum Gasteiger partial charge on any atom is -0.508 e. The molecule has 0 atom stereocenters. The molecule has 1 fully saturated rings. The maximum absolute atomic E-state index is 12.5. The van der Waals surface area contributed by atoms with Crippen LogP contribution in [0.4, 0.5) is 11.4 Å². The van der Waals surface area contributed by atoms with E-state index in [9.17, 15) is 14.7 Å². The van der Waals surface area contributed by atoms with Gasteiger partial charge < -0.3 is 24.5 Å². The third kappa shape index (κ3) is 5.22. The molecule has 0 saturated carbocycles. The summed E-state index contributed by atoms with van der Waals surface area (Å²) in [5.74, 6) is -0.119. The van der Waals surface area contributed by atoms with Crippen LogP contribution >= 0.6 is 0 Å². The summed E-state index contributed by atoms with van der Waals surface area (Å²) in [7, 11) is 1.81. The number of hydrogen-bond donors (Lipinski definition) is 2. The Labute approximate surface area is 179 Å². The average Bonchev–Trinajstić information content (AvgIpc) is 2.74. The molecule has 0 radical (unpaired) electrons. The molecule has 8 nitrogen and oxygen atoms in total. The van der Waals surface area contributed by atoms with Crippen LogP contribution in [0, 0.1) is 0 Å². The number of ether oxygens (including phenoxy) is 1. The van der Waals surface area contributed by atoms with Crippen LogP contribution in [0.2, 0.25) is 0 Å². The van der Waals surface area contributed by atoms with Crippen molar-refractivity contribution in [2.75, 3.05) is 50.1 Å². The summed E-state index contributed by atoms with van der Waals surface area (Å²) in [4.78, 5) is 28.4. The lowest BCUT2D eigenvalue weighted by Gasteiger charge is -2.28. The Morgan fingerprint density at radius 3 is 2.61 bits per heavy atom. The van der Waals surface area contributed by atoms with Crippen molar-refractivity contribution >= 4 is 28.3 Å². The topological polar surface area (TPSA) is 95.3 Å². The van der Waals surface area contributed by atoms with Gasteiger partial charge in [-0.3, -0.25) is 9.69 Å². The molecular weight excluding hydrogens is 398 g/mol. The molecular formula is C23H25N3O5. The van der Waals surface area contributed by atoms with E-state index in [1.54, 1.807) is 12.1 Å². The molecule has 1 aliphatic heterocycles. The summed E-state index contributed by atoms with van der Waals surface area (Å²) in [5.41, 5.74) is 2.40. The fourth-order valence-electron chi connectivity index (χ4n) is 3.72. The molecule has 0 bridgehead atoms. The first-order valence-corrected chi connectivity index (χ1v) is 10.1. The summed E-state index contributed by atoms with van der Waals surface area (Å²) in [5, 5.41) is 13.2. The largest absolute Gasteiger partial charge is 0.508 e. The van der Waals surface area contributed by atoms with Gasteiger partial charge >= 0.3 is 5.63 Å². The van der Waals surface area contributed by atoms with Gasteiger partial charge in [0.1, 0.15) is 11.3 Å². The third-order valence-corrected chi connectivity index (χ3v) is 5.19. The van der Waals surface area contributed by atoms with Crippen LogP contribution < -0.4 is 15.8 Å². The number of carbonyl (C=O) groups is 1. The first-order chi connectivity index (χ1) is 15.0. The van der Waals surface area contributed by atoms with Crippen molar-refractivity contribution in [2.45, 2.75) is 6.54 Å². The molecule has 1 amide bonds. The number of nitrogens with one attached hydrogen (secondary N) is 1. The van der Waals surface area contributed by atoms with E-state index in [0.717, 1.165) is 48.6 Å². The number of hydrogen-bond acceptors (Lipinski definition) is 7. The number of anilines is 2. The number of fused-ring (bicyclic) bond motifs is 1. The van der Waals surface area contributed by atoms with Crippen molar-refractivity contribution < 1.29 is 19.1 Å². The number of carbonyl (C=O) groups excluding carboxylic acids is 1. The lowest BCUT2D eigenvalue weighted by molar-refractivity contribution is -0.117. The van der Waals surface area contributed by atoms with E-state index in [1.807, 2.05) is 36.2 Å². The van der Waals surface area contributed by atoms with Gasteiger partial charge in [-0.15, -0.1) is 0 Å². The fraction of sp³-hybridized carbons (Fsp3) is 0.304. The van der Waals surface area contributed by atoms with Crippen molar-refractivity contribution in [3.8, 4) is 5.75 Å². The molecule has 8 heteroatoms. The highest BCUT2D eigenvalue weighted by Gasteiger charge is 2.13. The van der Waals surface area contributed by atoms with Crippen LogP contribution in [0.5, 0.6) is 5.75 Å². The third-order valence-electron chi connectivity index (χ3n) is 5.19. The average molecular weight is 423 g/mol. The van der Waals surface area contributed by atoms with E-state index in [2.05, 4.69) is 10.2 Å². The Balaban J connectivity index is 1.37. The van der Waals surface area contributed by atoms with E-state index in [-0.39, 0.29) is 18.2 Å². The first-order valence-electron chi connectivity index (χ1n) is 10.1. The smallest absolute Gasteiger partial charge is 0.336 e. The van der Waals surface area contributed by atoms with Crippen LogP contribution in [0.3, 0.4) is 0 Å². The summed E-state index contributed by atoms with van der Waals surface area (Å²) in [6, 6.07) is 13.8. The summed E-state index contributed by atoms with van der Waals surface area (Å²) < 4.78 is 10.5. The fourth-order valence-corrected chi connectivity index (χ4v) is 3.72. The van der Waals surface area contributed by atoms with Gasteiger partial charge in [0.15, 0.2) is 0 Å². The lowest BCUT2D eigenvalue weighted by Crippen LogP contribution is -2.36. The van der Waals surface area contributed by atoms with Gasteiger partial charge in [-0.25, -0.2) is 4.79 Å². The van der Waals surface area contributed by atoms with Gasteiger partial charge in [-0.2, -0.15) is 0 Å². The number of aromatic hydroxyl groups is 1. The van der Waals surface area contributed by atoms with Gasteiger partial charge in [0.25, 0.3) is 0 Å². The van der Waals surface area contributed by atoms with E-state index in [4.69, 9.17) is 9.15 Å². The Morgan fingerprint density at radius 2 is 1.87 bits per heavy atom. The zero-order valence-corrected chi connectivity index (χ0v) is 17.3. The molecule has 31 heavy (non-hydrogen) atoms. The molecule has 0 spiro atoms. The number of nitrogens with zero attached hydrogens (tertiary/aromatic N) is 2. The van der Waals surface area contributed by atoms with Crippen molar-refractivity contribution in [3.63, 3.8) is 0 Å². The van der Waals surface area contributed by atoms with Crippen molar-refractivity contribution in [3.05, 3.63) is 64.5 Å². The van der Waals surface area contributed by atoms with E-state index >= 15 is 0 Å². The summed E-state index contributed by atoms with van der Waals surface area (Å²) >= 11 is 0. The zero-order chi connectivity index (χ0) is 21.8. The molecule has 1 saturated heterocycles. The van der Waals surface area contributed by atoms with Crippen LogP contribution in [-0.4, -0.2) is 55.8 Å². The highest BCUT2D eigenvalue weighted by atomic mass is 16.5. The predicted molar refractivity (Wildman–Crippen MR) is 119 cm³/mol. The summed E-state index contributed by atoms with van der Waals surface area (Å²) in [6.45, 7) is 3.72. The van der Waals surface area contributed by atoms with Gasteiger partial charge in [0, 0.05) is 48.5 Å². The van der Waals surface area contributed by atoms with Crippen molar-refractivity contribution in [1.29, 1.82) is 0 Å². The van der Waals surface area contributed by atoms with Gasteiger partial charge in [-0.05, 0) is 49.0 Å². The molecule has 2 N–H and O–H groups in total. The Hall–Kier alpha value is -3.36. The van der Waals surface area contributed by atoms with Gasteiger partial charge in [0.2, 0.25) is 5.91 Å². The second-order valence-corrected chi connectivity index (χ2v) is 7.64. The molecule has 2 heterocycles. The Bertz CT molecular complexity index is 1120. The highest BCUT2D eigenvalue weighted by Crippen LogP contribution is 2.23. The van der Waals surface area contributed by atoms with E-state index in [1.165, 1.54) is 12.1 Å². The number of phenolic OH excluding ortho intramolecular Hbond substituents is 1. The van der Waals surface area contributed by atoms with Crippen molar-refractivity contribution in [1.82, 2.24) is 4.90 Å². The maximum Gasteiger partial charge on any atom is 0.336 e. The molecule has 0 aliphatic carbocycles. The van der Waals surface area contributed by atoms with E-state index < -0.39 is 5.63 Å². The lowest BCUT2D eigenvalue weighted by atomic mass is 10.1. The van der Waals surface area contributed by atoms with Gasteiger partial charge in [-0.1, -0.05) is 0 Å². The molecule has 162 valence electrons. The number of amides is 1. The SMILES string of the molecule is CN(CC(=O)Nc1ccc(N2CCOCC2)cc1)Cc1cc(=O)oc2cc(O)ccc12. The second kappa shape index (κ2) is 9.20. The number of likely N-dealkylation sites (N-methyl/N-ethyl adjacent to an activating group) is 1. The number of rotatable bonds is 6. The van der Waals surface area contributed by atoms with Crippen LogP contribution in [-0.2, 0) is 16.1 Å². The first kappa shape index (κ1) is 20.9.